The molecular formula is C22H23N5O4S. The molecule has 1 fully saturated rings. The molecule has 2 aromatic rings. The number of hydrazone groups is 1. The topological polar surface area (TPSA) is 103 Å². The SMILES string of the molecule is Cc1ccc(N2C(=O)[C@@H](/C=N\NC(=O)COc3cccc(N(C)C)c3)C(=O)NC2=S)cc1. The van der Waals surface area contributed by atoms with Gasteiger partial charge in [-0.15, -0.1) is 0 Å². The van der Waals surface area contributed by atoms with Gasteiger partial charge in [0.2, 0.25) is 5.91 Å². The number of rotatable bonds is 7. The molecule has 0 radical (unpaired) electrons. The Kier molecular flexibility index (Phi) is 7.16. The fraction of sp³-hybridized carbons (Fsp3) is 0.227. The van der Waals surface area contributed by atoms with Gasteiger partial charge in [0.1, 0.15) is 5.75 Å². The average molecular weight is 454 g/mol. The van der Waals surface area contributed by atoms with Crippen molar-refractivity contribution in [3.8, 4) is 5.75 Å². The van der Waals surface area contributed by atoms with Gasteiger partial charge < -0.3 is 15.0 Å². The first-order valence-corrected chi connectivity index (χ1v) is 10.1. The minimum Gasteiger partial charge on any atom is -0.484 e. The van der Waals surface area contributed by atoms with E-state index in [1.165, 1.54) is 4.90 Å². The predicted octanol–water partition coefficient (Wildman–Crippen LogP) is 1.61. The van der Waals surface area contributed by atoms with E-state index < -0.39 is 23.6 Å². The Balaban J connectivity index is 1.59. The number of carbonyl (C=O) groups is 3. The van der Waals surface area contributed by atoms with Gasteiger partial charge in [-0.05, 0) is 43.4 Å². The molecule has 1 aliphatic heterocycles. The van der Waals surface area contributed by atoms with E-state index in [1.54, 1.807) is 24.3 Å². The summed E-state index contributed by atoms with van der Waals surface area (Å²) in [6, 6.07) is 14.4. The summed E-state index contributed by atoms with van der Waals surface area (Å²) < 4.78 is 5.46. The summed E-state index contributed by atoms with van der Waals surface area (Å²) in [6.45, 7) is 1.64. The molecule has 0 aromatic heterocycles. The van der Waals surface area contributed by atoms with E-state index in [0.29, 0.717) is 11.4 Å². The lowest BCUT2D eigenvalue weighted by atomic mass is 10.1. The highest BCUT2D eigenvalue weighted by Gasteiger charge is 2.38. The first-order chi connectivity index (χ1) is 15.3. The largest absolute Gasteiger partial charge is 0.484 e. The molecule has 2 aromatic carbocycles. The van der Waals surface area contributed by atoms with Gasteiger partial charge in [-0.2, -0.15) is 5.10 Å². The summed E-state index contributed by atoms with van der Waals surface area (Å²) in [7, 11) is 3.80. The summed E-state index contributed by atoms with van der Waals surface area (Å²) >= 11 is 5.15. The van der Waals surface area contributed by atoms with Gasteiger partial charge in [0.15, 0.2) is 17.6 Å². The number of benzene rings is 2. The molecule has 1 atom stereocenters. The number of thiocarbonyl (C=S) groups is 1. The lowest BCUT2D eigenvalue weighted by Crippen LogP contribution is -2.58. The Bertz CT molecular complexity index is 1070. The van der Waals surface area contributed by atoms with Gasteiger partial charge in [0, 0.05) is 32.1 Å². The molecule has 10 heteroatoms. The molecular weight excluding hydrogens is 430 g/mol. The van der Waals surface area contributed by atoms with Crippen LogP contribution in [0.1, 0.15) is 5.56 Å². The quantitative estimate of drug-likeness (QED) is 0.286. The van der Waals surface area contributed by atoms with Crippen LogP contribution >= 0.6 is 12.2 Å². The smallest absolute Gasteiger partial charge is 0.277 e. The molecule has 2 N–H and O–H groups in total. The Labute approximate surface area is 191 Å². The van der Waals surface area contributed by atoms with Gasteiger partial charge in [-0.25, -0.2) is 5.43 Å². The number of anilines is 2. The van der Waals surface area contributed by atoms with Crippen LogP contribution < -0.4 is 25.3 Å². The molecule has 32 heavy (non-hydrogen) atoms. The van der Waals surface area contributed by atoms with Crippen molar-refractivity contribution >= 4 is 52.6 Å². The van der Waals surface area contributed by atoms with Crippen molar-refractivity contribution < 1.29 is 19.1 Å². The van der Waals surface area contributed by atoms with Crippen LogP contribution in [0.3, 0.4) is 0 Å². The number of amides is 3. The fourth-order valence-electron chi connectivity index (χ4n) is 2.88. The summed E-state index contributed by atoms with van der Waals surface area (Å²) in [4.78, 5) is 40.3. The number of carbonyl (C=O) groups excluding carboxylic acids is 3. The van der Waals surface area contributed by atoms with Crippen molar-refractivity contribution in [1.82, 2.24) is 10.7 Å². The summed E-state index contributed by atoms with van der Waals surface area (Å²) in [6.07, 6.45) is 1.07. The van der Waals surface area contributed by atoms with Crippen molar-refractivity contribution in [1.29, 1.82) is 0 Å². The molecule has 3 rings (SSSR count). The third-order valence-corrected chi connectivity index (χ3v) is 4.90. The van der Waals surface area contributed by atoms with Crippen LogP contribution in [0.5, 0.6) is 5.75 Å². The van der Waals surface area contributed by atoms with Gasteiger partial charge in [0.05, 0.1) is 5.69 Å². The average Bonchev–Trinajstić information content (AvgIpc) is 2.76. The van der Waals surface area contributed by atoms with Crippen LogP contribution in [-0.2, 0) is 14.4 Å². The molecule has 0 unspecified atom stereocenters. The van der Waals surface area contributed by atoms with E-state index in [0.717, 1.165) is 17.5 Å². The molecule has 1 heterocycles. The zero-order valence-corrected chi connectivity index (χ0v) is 18.7. The van der Waals surface area contributed by atoms with E-state index in [4.69, 9.17) is 17.0 Å². The molecule has 0 bridgehead atoms. The third-order valence-electron chi connectivity index (χ3n) is 4.61. The van der Waals surface area contributed by atoms with Crippen LogP contribution in [0, 0.1) is 12.8 Å². The van der Waals surface area contributed by atoms with Crippen molar-refractivity contribution in [3.05, 3.63) is 54.1 Å². The number of aryl methyl sites for hydroxylation is 1. The first kappa shape index (κ1) is 22.9. The second-order valence-electron chi connectivity index (χ2n) is 7.27. The third kappa shape index (κ3) is 5.46. The van der Waals surface area contributed by atoms with Gasteiger partial charge in [-0.1, -0.05) is 23.8 Å². The molecule has 0 aliphatic carbocycles. The van der Waals surface area contributed by atoms with Crippen LogP contribution in [0.2, 0.25) is 0 Å². The zero-order chi connectivity index (χ0) is 23.3. The van der Waals surface area contributed by atoms with Gasteiger partial charge in [-0.3, -0.25) is 19.3 Å². The maximum Gasteiger partial charge on any atom is 0.277 e. The van der Waals surface area contributed by atoms with Crippen molar-refractivity contribution in [2.24, 2.45) is 11.0 Å². The minimum absolute atomic E-state index is 0.00843. The molecule has 3 amide bonds. The Morgan fingerprint density at radius 1 is 1.25 bits per heavy atom. The van der Waals surface area contributed by atoms with Crippen LogP contribution in [0.25, 0.3) is 0 Å². The molecule has 1 saturated heterocycles. The summed E-state index contributed by atoms with van der Waals surface area (Å²) in [5, 5.41) is 6.24. The number of ether oxygens (including phenoxy) is 1. The lowest BCUT2D eigenvalue weighted by Gasteiger charge is -2.30. The summed E-state index contributed by atoms with van der Waals surface area (Å²) in [5.41, 5.74) is 4.74. The summed E-state index contributed by atoms with van der Waals surface area (Å²) in [5.74, 6) is -2.41. The highest BCUT2D eigenvalue weighted by atomic mass is 32.1. The van der Waals surface area contributed by atoms with Crippen molar-refractivity contribution in [3.63, 3.8) is 0 Å². The van der Waals surface area contributed by atoms with Gasteiger partial charge in [0.25, 0.3) is 11.8 Å². The van der Waals surface area contributed by atoms with E-state index in [1.807, 2.05) is 50.2 Å². The first-order valence-electron chi connectivity index (χ1n) is 9.74. The van der Waals surface area contributed by atoms with E-state index in [-0.39, 0.29) is 11.7 Å². The maximum atomic E-state index is 12.9. The maximum absolute atomic E-state index is 12.9. The van der Waals surface area contributed by atoms with Crippen LogP contribution in [-0.4, -0.2) is 49.8 Å². The number of hydrogen-bond acceptors (Lipinski definition) is 7. The number of nitrogens with one attached hydrogen (secondary N) is 2. The van der Waals surface area contributed by atoms with E-state index in [2.05, 4.69) is 15.8 Å². The number of nitrogens with zero attached hydrogens (tertiary/aromatic N) is 3. The lowest BCUT2D eigenvalue weighted by molar-refractivity contribution is -0.130. The van der Waals surface area contributed by atoms with Gasteiger partial charge >= 0.3 is 0 Å². The minimum atomic E-state index is -1.24. The zero-order valence-electron chi connectivity index (χ0n) is 17.9. The fourth-order valence-corrected chi connectivity index (χ4v) is 3.17. The normalized spacial score (nSPS) is 16.2. The molecule has 1 aliphatic rings. The van der Waals surface area contributed by atoms with E-state index in [9.17, 15) is 14.4 Å². The highest BCUT2D eigenvalue weighted by molar-refractivity contribution is 7.80. The molecule has 0 spiro atoms. The molecule has 9 nitrogen and oxygen atoms in total. The Hall–Kier alpha value is -3.79. The standard InChI is InChI=1S/C22H23N5O4S/c1-14-7-9-15(10-8-14)27-21(30)18(20(29)24-22(27)32)12-23-25-19(28)13-31-17-6-4-5-16(11-17)26(2)3/h4-12,18H,13H2,1-3H3,(H,25,28)(H,24,29,32)/b23-12-/t18-/m0/s1. The second-order valence-corrected chi connectivity index (χ2v) is 7.66. The van der Waals surface area contributed by atoms with E-state index >= 15 is 0 Å². The Morgan fingerprint density at radius 2 is 1.97 bits per heavy atom. The van der Waals surface area contributed by atoms with Crippen molar-refractivity contribution in [2.45, 2.75) is 6.92 Å². The monoisotopic (exact) mass is 453 g/mol. The molecule has 0 saturated carbocycles. The predicted molar refractivity (Wildman–Crippen MR) is 126 cm³/mol. The second kappa shape index (κ2) is 10.0. The molecule has 166 valence electrons. The van der Waals surface area contributed by atoms with Crippen LogP contribution in [0.4, 0.5) is 11.4 Å². The van der Waals surface area contributed by atoms with Crippen molar-refractivity contribution in [2.75, 3.05) is 30.5 Å². The van der Waals surface area contributed by atoms with Crippen LogP contribution in [0.15, 0.2) is 53.6 Å². The highest BCUT2D eigenvalue weighted by Crippen LogP contribution is 2.21. The number of hydrogen-bond donors (Lipinski definition) is 2. The Morgan fingerprint density at radius 3 is 2.66 bits per heavy atom.